The summed E-state index contributed by atoms with van der Waals surface area (Å²) in [5.41, 5.74) is 2.79. The van der Waals surface area contributed by atoms with Gasteiger partial charge in [0, 0.05) is 17.9 Å². The molecular formula is C8H15ClOS. The Balaban J connectivity index is 3.27. The van der Waals surface area contributed by atoms with Crippen LogP contribution in [0.25, 0.3) is 0 Å². The van der Waals surface area contributed by atoms with Crippen molar-refractivity contribution in [3.05, 3.63) is 11.1 Å². The van der Waals surface area contributed by atoms with E-state index >= 15 is 0 Å². The minimum atomic E-state index is 0.274. The molecule has 0 aromatic heterocycles. The number of aliphatic hydroxyl groups is 1. The summed E-state index contributed by atoms with van der Waals surface area (Å²) in [6.45, 7) is 4.31. The summed E-state index contributed by atoms with van der Waals surface area (Å²) in [7, 11) is 0. The highest BCUT2D eigenvalue weighted by Crippen LogP contribution is 2.12. The van der Waals surface area contributed by atoms with Crippen molar-refractivity contribution in [1.29, 1.82) is 0 Å². The predicted molar refractivity (Wildman–Crippen MR) is 53.2 cm³/mol. The fourth-order valence-corrected chi connectivity index (χ4v) is 1.70. The highest BCUT2D eigenvalue weighted by molar-refractivity contribution is 7.99. The van der Waals surface area contributed by atoms with Gasteiger partial charge in [0.05, 0.1) is 0 Å². The summed E-state index contributed by atoms with van der Waals surface area (Å²) in [6, 6.07) is 0. The van der Waals surface area contributed by atoms with Gasteiger partial charge in [-0.15, -0.1) is 0 Å². The van der Waals surface area contributed by atoms with Crippen LogP contribution in [0.4, 0.5) is 0 Å². The van der Waals surface area contributed by atoms with Crippen molar-refractivity contribution in [2.45, 2.75) is 13.8 Å². The molecule has 66 valence electrons. The van der Waals surface area contributed by atoms with Gasteiger partial charge in [0.25, 0.3) is 0 Å². The van der Waals surface area contributed by atoms with E-state index in [4.69, 9.17) is 16.7 Å². The largest absolute Gasteiger partial charge is 0.396 e. The average molecular weight is 195 g/mol. The Hall–Kier alpha value is 0.340. The molecule has 0 amide bonds. The van der Waals surface area contributed by atoms with Crippen molar-refractivity contribution < 1.29 is 5.11 Å². The quantitative estimate of drug-likeness (QED) is 0.726. The van der Waals surface area contributed by atoms with E-state index in [0.717, 1.165) is 11.5 Å². The molecule has 0 fully saturated rings. The molecule has 0 rings (SSSR count). The third-order valence-electron chi connectivity index (χ3n) is 1.23. The first kappa shape index (κ1) is 11.3. The molecule has 11 heavy (non-hydrogen) atoms. The molecule has 0 saturated heterocycles. The van der Waals surface area contributed by atoms with Crippen LogP contribution in [0.3, 0.4) is 0 Å². The SMILES string of the molecule is CC(=CCl)CSCC(C)CO. The zero-order chi connectivity index (χ0) is 8.69. The summed E-state index contributed by atoms with van der Waals surface area (Å²) in [5.74, 6) is 2.36. The van der Waals surface area contributed by atoms with Crippen LogP contribution in [0.15, 0.2) is 11.1 Å². The van der Waals surface area contributed by atoms with E-state index in [1.807, 2.05) is 13.8 Å². The maximum Gasteiger partial charge on any atom is 0.0464 e. The second kappa shape index (κ2) is 7.01. The number of hydrogen-bond donors (Lipinski definition) is 1. The van der Waals surface area contributed by atoms with Crippen LogP contribution in [0.2, 0.25) is 0 Å². The van der Waals surface area contributed by atoms with Crippen LogP contribution in [0, 0.1) is 5.92 Å². The van der Waals surface area contributed by atoms with E-state index in [2.05, 4.69) is 0 Å². The number of hydrogen-bond acceptors (Lipinski definition) is 2. The van der Waals surface area contributed by atoms with Gasteiger partial charge in [-0.3, -0.25) is 0 Å². The molecule has 1 atom stereocenters. The van der Waals surface area contributed by atoms with Crippen molar-refractivity contribution in [2.24, 2.45) is 5.92 Å². The lowest BCUT2D eigenvalue weighted by molar-refractivity contribution is 0.250. The van der Waals surface area contributed by atoms with Crippen LogP contribution < -0.4 is 0 Å². The molecule has 0 saturated carbocycles. The van der Waals surface area contributed by atoms with Crippen molar-refractivity contribution in [3.8, 4) is 0 Å². The molecule has 0 aliphatic carbocycles. The van der Waals surface area contributed by atoms with E-state index < -0.39 is 0 Å². The molecule has 3 heteroatoms. The Labute approximate surface area is 77.8 Å². The van der Waals surface area contributed by atoms with Gasteiger partial charge in [-0.25, -0.2) is 0 Å². The molecular weight excluding hydrogens is 180 g/mol. The summed E-state index contributed by atoms with van der Waals surface area (Å²) in [5, 5.41) is 8.70. The first-order valence-corrected chi connectivity index (χ1v) is 5.24. The van der Waals surface area contributed by atoms with Crippen LogP contribution in [-0.4, -0.2) is 23.2 Å². The van der Waals surface area contributed by atoms with E-state index in [-0.39, 0.29) is 6.61 Å². The minimum Gasteiger partial charge on any atom is -0.396 e. The molecule has 0 spiro atoms. The first-order valence-electron chi connectivity index (χ1n) is 3.65. The van der Waals surface area contributed by atoms with E-state index in [0.29, 0.717) is 5.92 Å². The number of aliphatic hydroxyl groups excluding tert-OH is 1. The molecule has 1 unspecified atom stereocenters. The lowest BCUT2D eigenvalue weighted by Gasteiger charge is -2.06. The third kappa shape index (κ3) is 6.73. The maximum atomic E-state index is 8.70. The lowest BCUT2D eigenvalue weighted by atomic mass is 10.2. The van der Waals surface area contributed by atoms with Gasteiger partial charge in [0.15, 0.2) is 0 Å². The van der Waals surface area contributed by atoms with Crippen LogP contribution in [0.5, 0.6) is 0 Å². The summed E-state index contributed by atoms with van der Waals surface area (Å²) < 4.78 is 0. The normalized spacial score (nSPS) is 15.1. The van der Waals surface area contributed by atoms with Crippen LogP contribution in [0.1, 0.15) is 13.8 Å². The third-order valence-corrected chi connectivity index (χ3v) is 3.07. The molecule has 0 heterocycles. The maximum absolute atomic E-state index is 8.70. The second-order valence-corrected chi connectivity index (χ2v) is 4.01. The average Bonchev–Trinajstić information content (AvgIpc) is 2.04. The molecule has 0 aliphatic heterocycles. The number of rotatable bonds is 5. The minimum absolute atomic E-state index is 0.274. The van der Waals surface area contributed by atoms with E-state index in [9.17, 15) is 0 Å². The molecule has 1 nitrogen and oxygen atoms in total. The first-order chi connectivity index (χ1) is 5.20. The number of halogens is 1. The lowest BCUT2D eigenvalue weighted by Crippen LogP contribution is -2.03. The number of thioether (sulfide) groups is 1. The Morgan fingerprint density at radius 2 is 2.36 bits per heavy atom. The van der Waals surface area contributed by atoms with Gasteiger partial charge in [-0.05, 0) is 18.6 Å². The van der Waals surface area contributed by atoms with Crippen molar-refractivity contribution >= 4 is 23.4 Å². The van der Waals surface area contributed by atoms with Crippen LogP contribution >= 0.6 is 23.4 Å². The van der Waals surface area contributed by atoms with Gasteiger partial charge < -0.3 is 5.11 Å². The fraction of sp³-hybridized carbons (Fsp3) is 0.750. The molecule has 0 aromatic rings. The Morgan fingerprint density at radius 3 is 2.82 bits per heavy atom. The predicted octanol–water partition coefficient (Wildman–Crippen LogP) is 2.49. The summed E-state index contributed by atoms with van der Waals surface area (Å²) >= 11 is 7.28. The molecule has 0 aliphatic rings. The fourth-order valence-electron chi connectivity index (χ4n) is 0.505. The topological polar surface area (TPSA) is 20.2 Å². The van der Waals surface area contributed by atoms with Crippen molar-refractivity contribution in [2.75, 3.05) is 18.1 Å². The standard InChI is InChI=1S/C8H15ClOS/c1-7(3-9)5-11-6-8(2)4-10/h3,8,10H,4-6H2,1-2H3. The van der Waals surface area contributed by atoms with Gasteiger partial charge in [-0.1, -0.05) is 24.1 Å². The van der Waals surface area contributed by atoms with Crippen molar-refractivity contribution in [1.82, 2.24) is 0 Å². The van der Waals surface area contributed by atoms with E-state index in [1.165, 1.54) is 5.57 Å². The van der Waals surface area contributed by atoms with Crippen LogP contribution in [-0.2, 0) is 0 Å². The zero-order valence-corrected chi connectivity index (χ0v) is 8.58. The zero-order valence-electron chi connectivity index (χ0n) is 7.01. The van der Waals surface area contributed by atoms with Gasteiger partial charge in [0.1, 0.15) is 0 Å². The summed E-state index contributed by atoms with van der Waals surface area (Å²) in [4.78, 5) is 0. The highest BCUT2D eigenvalue weighted by Gasteiger charge is 1.99. The summed E-state index contributed by atoms with van der Waals surface area (Å²) in [6.07, 6.45) is 0. The monoisotopic (exact) mass is 194 g/mol. The Morgan fingerprint density at radius 1 is 1.73 bits per heavy atom. The Bertz CT molecular complexity index is 125. The smallest absolute Gasteiger partial charge is 0.0464 e. The van der Waals surface area contributed by atoms with E-state index in [1.54, 1.807) is 17.3 Å². The molecule has 1 N–H and O–H groups in total. The van der Waals surface area contributed by atoms with Gasteiger partial charge in [0.2, 0.25) is 0 Å². The molecule has 0 bridgehead atoms. The Kier molecular flexibility index (Phi) is 7.23. The van der Waals surface area contributed by atoms with Crippen molar-refractivity contribution in [3.63, 3.8) is 0 Å². The second-order valence-electron chi connectivity index (χ2n) is 2.76. The van der Waals surface area contributed by atoms with Gasteiger partial charge >= 0.3 is 0 Å². The van der Waals surface area contributed by atoms with Gasteiger partial charge in [-0.2, -0.15) is 11.8 Å². The highest BCUT2D eigenvalue weighted by atomic mass is 35.5. The molecule has 0 aromatic carbocycles. The molecule has 0 radical (unpaired) electrons.